The first kappa shape index (κ1) is 22.3. The van der Waals surface area contributed by atoms with Crippen molar-refractivity contribution >= 4 is 17.3 Å². The molecule has 1 heterocycles. The lowest BCUT2D eigenvalue weighted by Crippen LogP contribution is -2.42. The van der Waals surface area contributed by atoms with Crippen molar-refractivity contribution in [1.29, 1.82) is 0 Å². The third kappa shape index (κ3) is 5.35. The summed E-state index contributed by atoms with van der Waals surface area (Å²) in [6.07, 6.45) is 6.95. The number of hydrogen-bond acceptors (Lipinski definition) is 4. The van der Waals surface area contributed by atoms with Gasteiger partial charge in [0.25, 0.3) is 5.91 Å². The lowest BCUT2D eigenvalue weighted by atomic mass is 9.94. The molecule has 4 atom stereocenters. The molecule has 2 aromatic carbocycles. The van der Waals surface area contributed by atoms with E-state index in [4.69, 9.17) is 4.74 Å². The van der Waals surface area contributed by atoms with Gasteiger partial charge in [-0.2, -0.15) is 0 Å². The zero-order chi connectivity index (χ0) is 22.8. The minimum Gasteiger partial charge on any atom is -0.493 e. The summed E-state index contributed by atoms with van der Waals surface area (Å²) in [4.78, 5) is 15.1. The molecule has 2 N–H and O–H groups in total. The molecule has 3 aliphatic rings. The number of anilines is 2. The molecule has 1 aliphatic heterocycles. The molecule has 2 bridgehead atoms. The number of carbonyl (C=O) groups is 1. The van der Waals surface area contributed by atoms with Crippen LogP contribution >= 0.6 is 0 Å². The molecule has 5 heteroatoms. The largest absolute Gasteiger partial charge is 0.493 e. The van der Waals surface area contributed by atoms with E-state index in [0.717, 1.165) is 42.4 Å². The van der Waals surface area contributed by atoms with Crippen molar-refractivity contribution in [3.63, 3.8) is 0 Å². The second kappa shape index (κ2) is 9.76. The van der Waals surface area contributed by atoms with Crippen LogP contribution in [0.4, 0.5) is 11.4 Å². The fourth-order valence-corrected chi connectivity index (χ4v) is 5.81. The summed E-state index contributed by atoms with van der Waals surface area (Å²) < 4.78 is 5.70. The van der Waals surface area contributed by atoms with E-state index in [2.05, 4.69) is 41.5 Å². The number of nitrogens with zero attached hydrogens (tertiary/aromatic N) is 1. The van der Waals surface area contributed by atoms with Gasteiger partial charge in [0.1, 0.15) is 5.75 Å². The number of carbonyl (C=O) groups excluding carboxylic acids is 1. The zero-order valence-electron chi connectivity index (χ0n) is 19.9. The van der Waals surface area contributed by atoms with Gasteiger partial charge in [-0.1, -0.05) is 20.3 Å². The molecule has 1 saturated heterocycles. The number of ether oxygens (including phenoxy) is 1. The van der Waals surface area contributed by atoms with Gasteiger partial charge < -0.3 is 20.3 Å². The zero-order valence-corrected chi connectivity index (χ0v) is 19.9. The van der Waals surface area contributed by atoms with Crippen molar-refractivity contribution in [3.8, 4) is 5.75 Å². The highest BCUT2D eigenvalue weighted by atomic mass is 16.5. The maximum atomic E-state index is 12.6. The lowest BCUT2D eigenvalue weighted by Gasteiger charge is -2.27. The monoisotopic (exact) mass is 453 g/mol. The number of amides is 1. The van der Waals surface area contributed by atoms with E-state index in [1.807, 2.05) is 36.4 Å². The summed E-state index contributed by atoms with van der Waals surface area (Å²) in [5, 5.41) is 6.98. The van der Waals surface area contributed by atoms with E-state index >= 15 is 0 Å². The van der Waals surface area contributed by atoms with Crippen LogP contribution in [0.5, 0.6) is 5.75 Å². The molecular weight excluding hydrogens is 410 g/mol. The van der Waals surface area contributed by atoms with Crippen molar-refractivity contribution in [2.45, 2.75) is 58.0 Å². The highest BCUT2D eigenvalue weighted by Gasteiger charge is 2.40. The maximum Gasteiger partial charge on any atom is 0.255 e. The molecule has 4 unspecified atom stereocenters. The molecule has 5 nitrogen and oxygen atoms in total. The molecule has 3 fully saturated rings. The van der Waals surface area contributed by atoms with Gasteiger partial charge in [0.05, 0.1) is 6.61 Å². The number of hydrogen-bond donors (Lipinski definition) is 2. The summed E-state index contributed by atoms with van der Waals surface area (Å²) in [5.41, 5.74) is 2.68. The second-order valence-corrected chi connectivity index (χ2v) is 10.6. The summed E-state index contributed by atoms with van der Waals surface area (Å²) >= 11 is 0. The Morgan fingerprint density at radius 1 is 1.06 bits per heavy atom. The van der Waals surface area contributed by atoms with E-state index in [1.165, 1.54) is 37.8 Å². The van der Waals surface area contributed by atoms with Crippen LogP contribution in [0.15, 0.2) is 48.5 Å². The average molecular weight is 454 g/mol. The van der Waals surface area contributed by atoms with Crippen LogP contribution in [0.1, 0.15) is 60.6 Å². The maximum absolute atomic E-state index is 12.6. The van der Waals surface area contributed by atoms with Crippen molar-refractivity contribution in [3.05, 3.63) is 54.1 Å². The van der Waals surface area contributed by atoms with E-state index in [1.54, 1.807) is 0 Å². The number of rotatable bonds is 8. The smallest absolute Gasteiger partial charge is 0.255 e. The molecule has 33 heavy (non-hydrogen) atoms. The number of benzene rings is 2. The quantitative estimate of drug-likeness (QED) is 0.509. The molecule has 0 radical (unpaired) electrons. The van der Waals surface area contributed by atoms with Gasteiger partial charge in [-0.25, -0.2) is 0 Å². The topological polar surface area (TPSA) is 53.6 Å². The van der Waals surface area contributed by atoms with Crippen LogP contribution in [-0.4, -0.2) is 37.7 Å². The molecule has 182 valence electrons. The molecule has 2 aliphatic carbocycles. The highest BCUT2D eigenvalue weighted by Crippen LogP contribution is 2.44. The van der Waals surface area contributed by atoms with Crippen LogP contribution in [0.25, 0.3) is 0 Å². The van der Waals surface area contributed by atoms with Crippen LogP contribution < -0.4 is 20.3 Å². The Morgan fingerprint density at radius 2 is 1.85 bits per heavy atom. The Hall–Kier alpha value is -2.53. The first-order chi connectivity index (χ1) is 16.0. The Balaban J connectivity index is 0.00000152. The standard InChI is InChI=1S/C28H37N3O2.3H2/c1-19(2)18-33-26-11-5-21(6-12-26)28(32)30-23-7-9-25(10-8-23)31-14-13-24(17-31)29-27-16-20-3-4-22(27)15-20;;;/h5-12,19-20,22,24,27,29H,3-4,13-18H2,1-2H3,(H,30,32);3*1H. The fraction of sp³-hybridized carbons (Fsp3) is 0.536. The van der Waals surface area contributed by atoms with Gasteiger partial charge in [0, 0.05) is 46.4 Å². The fourth-order valence-electron chi connectivity index (χ4n) is 5.81. The van der Waals surface area contributed by atoms with Gasteiger partial charge in [-0.05, 0) is 92.0 Å². The van der Waals surface area contributed by atoms with Crippen molar-refractivity contribution in [2.24, 2.45) is 17.8 Å². The summed E-state index contributed by atoms with van der Waals surface area (Å²) in [6.45, 7) is 7.07. The Morgan fingerprint density at radius 3 is 2.52 bits per heavy atom. The van der Waals surface area contributed by atoms with Crippen LogP contribution in [0.2, 0.25) is 0 Å². The first-order valence-electron chi connectivity index (χ1n) is 12.7. The van der Waals surface area contributed by atoms with Crippen molar-refractivity contribution in [2.75, 3.05) is 29.9 Å². The normalized spacial score (nSPS) is 26.2. The minimum atomic E-state index is -0.102. The summed E-state index contributed by atoms with van der Waals surface area (Å²) in [5.74, 6) is 3.08. The van der Waals surface area contributed by atoms with E-state index < -0.39 is 0 Å². The molecule has 0 spiro atoms. The lowest BCUT2D eigenvalue weighted by molar-refractivity contribution is 0.102. The van der Waals surface area contributed by atoms with Crippen molar-refractivity contribution < 1.29 is 13.8 Å². The van der Waals surface area contributed by atoms with E-state index in [0.29, 0.717) is 24.1 Å². The van der Waals surface area contributed by atoms with Gasteiger partial charge in [0.15, 0.2) is 0 Å². The second-order valence-electron chi connectivity index (χ2n) is 10.6. The molecule has 0 aromatic heterocycles. The van der Waals surface area contributed by atoms with Gasteiger partial charge in [0.2, 0.25) is 0 Å². The van der Waals surface area contributed by atoms with Crippen molar-refractivity contribution in [1.82, 2.24) is 5.32 Å². The van der Waals surface area contributed by atoms with Gasteiger partial charge >= 0.3 is 0 Å². The molecule has 2 saturated carbocycles. The van der Waals surface area contributed by atoms with E-state index in [9.17, 15) is 4.79 Å². The molecule has 2 aromatic rings. The SMILES string of the molecule is CC(C)COc1ccc(C(=O)Nc2ccc(N3CCC(NC4CC5CCC4C5)C3)cc2)cc1.[HH].[HH].[HH]. The third-order valence-electron chi connectivity index (χ3n) is 7.57. The summed E-state index contributed by atoms with van der Waals surface area (Å²) in [7, 11) is 0. The number of fused-ring (bicyclic) bond motifs is 2. The Labute approximate surface area is 202 Å². The van der Waals surface area contributed by atoms with Gasteiger partial charge in [-0.15, -0.1) is 0 Å². The average Bonchev–Trinajstić information content (AvgIpc) is 3.56. The number of nitrogens with one attached hydrogen (secondary N) is 2. The summed E-state index contributed by atoms with van der Waals surface area (Å²) in [6, 6.07) is 16.9. The van der Waals surface area contributed by atoms with E-state index in [-0.39, 0.29) is 10.2 Å². The molecule has 1 amide bonds. The predicted molar refractivity (Wildman–Crippen MR) is 141 cm³/mol. The minimum absolute atomic E-state index is 0. The Bertz CT molecular complexity index is 956. The first-order valence-corrected chi connectivity index (χ1v) is 12.7. The highest BCUT2D eigenvalue weighted by molar-refractivity contribution is 6.04. The van der Waals surface area contributed by atoms with Gasteiger partial charge in [-0.3, -0.25) is 4.79 Å². The van der Waals surface area contributed by atoms with Crippen LogP contribution in [0.3, 0.4) is 0 Å². The third-order valence-corrected chi connectivity index (χ3v) is 7.57. The van der Waals surface area contributed by atoms with Crippen LogP contribution in [0, 0.1) is 17.8 Å². The van der Waals surface area contributed by atoms with Crippen LogP contribution in [-0.2, 0) is 0 Å². The molecule has 5 rings (SSSR count). The Kier molecular flexibility index (Phi) is 6.59. The molecular formula is C28H43N3O2. The predicted octanol–water partition coefficient (Wildman–Crippen LogP) is 6.07.